The van der Waals surface area contributed by atoms with Crippen molar-refractivity contribution in [3.63, 3.8) is 0 Å². The number of phosphoric ester groups is 1. The smallest absolute Gasteiger partial charge is 0.400 e. The highest BCUT2D eigenvalue weighted by molar-refractivity contribution is 7.46. The lowest BCUT2D eigenvalue weighted by atomic mass is 9.34. The second kappa shape index (κ2) is 8.67. The number of nitrogens with two attached hydrogens (primary N) is 1. The average molecular weight is 559 g/mol. The zero-order valence-electron chi connectivity index (χ0n) is 24.0. The van der Waals surface area contributed by atoms with Crippen LogP contribution in [-0.4, -0.2) is 28.1 Å². The first kappa shape index (κ1) is 28.4. The molecule has 0 radical (unpaired) electrons. The maximum absolute atomic E-state index is 13.1. The number of nitrogens with one attached hydrogen (secondary N) is 1. The minimum absolute atomic E-state index is 0.00922. The van der Waals surface area contributed by atoms with Gasteiger partial charge in [0.1, 0.15) is 0 Å². The summed E-state index contributed by atoms with van der Waals surface area (Å²) in [5, 5.41) is 2.88. The number of rotatable bonds is 4. The number of fused-ring (bicyclic) bond motifs is 7. The van der Waals surface area contributed by atoms with Gasteiger partial charge in [-0.1, -0.05) is 52.3 Å². The summed E-state index contributed by atoms with van der Waals surface area (Å²) in [6.45, 7) is 14.2. The van der Waals surface area contributed by atoms with E-state index in [1.807, 2.05) is 6.08 Å². The van der Waals surface area contributed by atoms with Crippen LogP contribution >= 0.6 is 7.82 Å². The SMILES string of the molecule is CC1=C(OP(=O)(O)O)C(=O)C=C2C1=CC=C1C2(C)CCC2(C)C3CC(C)(CNC(N)=O)CCC3(C)CCC12C. The van der Waals surface area contributed by atoms with E-state index in [1.54, 1.807) is 13.0 Å². The lowest BCUT2D eigenvalue weighted by Gasteiger charge is -2.70. The van der Waals surface area contributed by atoms with Crippen LogP contribution in [0.4, 0.5) is 4.79 Å². The van der Waals surface area contributed by atoms with E-state index >= 15 is 0 Å². The molecule has 0 heterocycles. The molecule has 3 saturated carbocycles. The first-order valence-corrected chi connectivity index (χ1v) is 15.6. The van der Waals surface area contributed by atoms with E-state index in [0.717, 1.165) is 56.1 Å². The molecule has 0 saturated heterocycles. The minimum Gasteiger partial charge on any atom is -0.400 e. The van der Waals surface area contributed by atoms with E-state index in [-0.39, 0.29) is 32.8 Å². The van der Waals surface area contributed by atoms with Crippen LogP contribution in [0.1, 0.15) is 86.5 Å². The van der Waals surface area contributed by atoms with Gasteiger partial charge in [0, 0.05) is 17.5 Å². The van der Waals surface area contributed by atoms with Crippen LogP contribution in [0.15, 0.2) is 46.3 Å². The fourth-order valence-corrected chi connectivity index (χ4v) is 9.67. The highest BCUT2D eigenvalue weighted by Gasteiger charge is 2.66. The summed E-state index contributed by atoms with van der Waals surface area (Å²) >= 11 is 0. The van der Waals surface area contributed by atoms with E-state index in [4.69, 9.17) is 10.3 Å². The van der Waals surface area contributed by atoms with Gasteiger partial charge in [-0.05, 0) is 96.7 Å². The van der Waals surface area contributed by atoms with E-state index in [0.29, 0.717) is 18.0 Å². The zero-order chi connectivity index (χ0) is 28.8. The number of carbonyl (C=O) groups excluding carboxylic acids is 2. The molecule has 0 bridgehead atoms. The Kier molecular flexibility index (Phi) is 6.31. The van der Waals surface area contributed by atoms with Crippen molar-refractivity contribution >= 4 is 19.6 Å². The number of carbonyl (C=O) groups is 2. The van der Waals surface area contributed by atoms with Gasteiger partial charge in [0.2, 0.25) is 5.78 Å². The van der Waals surface area contributed by atoms with E-state index in [1.165, 1.54) is 5.57 Å². The maximum atomic E-state index is 13.1. The van der Waals surface area contributed by atoms with Crippen LogP contribution in [-0.2, 0) is 13.9 Å². The van der Waals surface area contributed by atoms with Crippen molar-refractivity contribution in [3.05, 3.63) is 46.3 Å². The van der Waals surface area contributed by atoms with Crippen molar-refractivity contribution in [3.8, 4) is 0 Å². The molecule has 2 amide bonds. The van der Waals surface area contributed by atoms with Gasteiger partial charge in [-0.25, -0.2) is 9.36 Å². The number of hydrogen-bond donors (Lipinski definition) is 4. The molecule has 5 N–H and O–H groups in total. The number of primary amides is 1. The summed E-state index contributed by atoms with van der Waals surface area (Å²) in [6, 6.07) is -0.471. The molecular formula is C30H43N2O6P. The van der Waals surface area contributed by atoms with Gasteiger partial charge in [0.25, 0.3) is 0 Å². The molecule has 5 aliphatic rings. The van der Waals surface area contributed by atoms with Crippen LogP contribution < -0.4 is 11.1 Å². The molecule has 0 spiro atoms. The normalized spacial score (nSPS) is 41.7. The van der Waals surface area contributed by atoms with Crippen molar-refractivity contribution < 1.29 is 28.5 Å². The van der Waals surface area contributed by atoms with Gasteiger partial charge in [-0.15, -0.1) is 0 Å². The lowest BCUT2D eigenvalue weighted by molar-refractivity contribution is -0.160. The predicted molar refractivity (Wildman–Crippen MR) is 149 cm³/mol. The Balaban J connectivity index is 1.56. The Bertz CT molecular complexity index is 1320. The number of phosphoric acid groups is 1. The second-order valence-electron chi connectivity index (χ2n) is 14.1. The van der Waals surface area contributed by atoms with Crippen LogP contribution in [0.2, 0.25) is 0 Å². The Labute approximate surface area is 231 Å². The van der Waals surface area contributed by atoms with Gasteiger partial charge in [-0.3, -0.25) is 14.6 Å². The van der Waals surface area contributed by atoms with E-state index in [2.05, 4.69) is 46.0 Å². The van der Waals surface area contributed by atoms with Gasteiger partial charge < -0.3 is 15.6 Å². The molecular weight excluding hydrogens is 515 g/mol. The largest absolute Gasteiger partial charge is 0.524 e. The standard InChI is InChI=1S/C30H43N2O6P/c1-18-19-7-8-22-28(4,20(19)15-21(33)24(18)38-39(35,36)37)12-14-30(6)23-16-26(2,17-32-25(31)34)9-10-27(23,3)11-13-29(22,30)5/h7-8,15,23H,9-14,16-17H2,1-6H3,(H3,31,32,34)(H2,35,36,37). The summed E-state index contributed by atoms with van der Waals surface area (Å²) < 4.78 is 16.4. The quantitative estimate of drug-likeness (QED) is 0.320. The van der Waals surface area contributed by atoms with E-state index in [9.17, 15) is 23.9 Å². The average Bonchev–Trinajstić information content (AvgIpc) is 2.83. The molecule has 0 aromatic rings. The molecule has 8 nitrogen and oxygen atoms in total. The molecule has 214 valence electrons. The summed E-state index contributed by atoms with van der Waals surface area (Å²) in [5.41, 5.74) is 8.81. The molecule has 5 aliphatic carbocycles. The number of ketones is 1. The lowest BCUT2D eigenvalue weighted by Crippen LogP contribution is -2.62. The Morgan fingerprint density at radius 1 is 1.08 bits per heavy atom. The highest BCUT2D eigenvalue weighted by Crippen LogP contribution is 2.75. The number of allylic oxidation sites excluding steroid dienone is 7. The summed E-state index contributed by atoms with van der Waals surface area (Å²) in [7, 11) is -4.86. The maximum Gasteiger partial charge on any atom is 0.524 e. The predicted octanol–water partition coefficient (Wildman–Crippen LogP) is 5.83. The van der Waals surface area contributed by atoms with Crippen LogP contribution in [0.3, 0.4) is 0 Å². The van der Waals surface area contributed by atoms with Gasteiger partial charge >= 0.3 is 13.9 Å². The molecule has 6 unspecified atom stereocenters. The highest BCUT2D eigenvalue weighted by atomic mass is 31.2. The zero-order valence-corrected chi connectivity index (χ0v) is 24.9. The van der Waals surface area contributed by atoms with Crippen molar-refractivity contribution in [2.75, 3.05) is 6.54 Å². The molecule has 0 aromatic heterocycles. The van der Waals surface area contributed by atoms with Crippen LogP contribution in [0.5, 0.6) is 0 Å². The summed E-state index contributed by atoms with van der Waals surface area (Å²) in [6.07, 6.45) is 13.1. The Morgan fingerprint density at radius 2 is 1.74 bits per heavy atom. The number of hydrogen-bond acceptors (Lipinski definition) is 4. The van der Waals surface area contributed by atoms with Crippen molar-refractivity contribution in [2.45, 2.75) is 86.5 Å². The van der Waals surface area contributed by atoms with E-state index < -0.39 is 19.6 Å². The van der Waals surface area contributed by atoms with Crippen LogP contribution in [0.25, 0.3) is 0 Å². The fraction of sp³-hybridized carbons (Fsp3) is 0.667. The van der Waals surface area contributed by atoms with Crippen molar-refractivity contribution in [1.29, 1.82) is 0 Å². The fourth-order valence-electron chi connectivity index (χ4n) is 9.21. The van der Waals surface area contributed by atoms with Gasteiger partial charge in [-0.2, -0.15) is 0 Å². The van der Waals surface area contributed by atoms with Gasteiger partial charge in [0.15, 0.2) is 5.76 Å². The summed E-state index contributed by atoms with van der Waals surface area (Å²) in [4.78, 5) is 43.4. The number of amides is 2. The Hall–Kier alpha value is -2.15. The molecule has 3 fully saturated rings. The molecule has 39 heavy (non-hydrogen) atoms. The first-order valence-electron chi connectivity index (χ1n) is 14.1. The van der Waals surface area contributed by atoms with Crippen LogP contribution in [0, 0.1) is 33.0 Å². The minimum atomic E-state index is -4.86. The van der Waals surface area contributed by atoms with Crippen molar-refractivity contribution in [1.82, 2.24) is 5.32 Å². The van der Waals surface area contributed by atoms with Gasteiger partial charge in [0.05, 0.1) is 0 Å². The second-order valence-corrected chi connectivity index (χ2v) is 15.3. The topological polar surface area (TPSA) is 139 Å². The van der Waals surface area contributed by atoms with Crippen molar-refractivity contribution in [2.24, 2.45) is 38.7 Å². The molecule has 0 aromatic carbocycles. The third-order valence-corrected chi connectivity index (χ3v) is 12.3. The summed E-state index contributed by atoms with van der Waals surface area (Å²) in [5.74, 6) is -0.296. The Morgan fingerprint density at radius 3 is 2.38 bits per heavy atom. The molecule has 5 rings (SSSR count). The molecule has 6 atom stereocenters. The number of urea groups is 1. The first-order chi connectivity index (χ1) is 17.9. The monoisotopic (exact) mass is 558 g/mol. The third-order valence-electron chi connectivity index (χ3n) is 11.8. The molecule has 0 aliphatic heterocycles. The third kappa shape index (κ3) is 4.20. The molecule has 9 heteroatoms.